The van der Waals surface area contributed by atoms with Crippen molar-refractivity contribution < 1.29 is 1.37 Å². The summed E-state index contributed by atoms with van der Waals surface area (Å²) in [7, 11) is 0. The first-order valence-corrected chi connectivity index (χ1v) is 12.8. The van der Waals surface area contributed by atoms with Crippen molar-refractivity contribution in [1.82, 2.24) is 20.0 Å². The minimum Gasteiger partial charge on any atom is -0.383 e. The van der Waals surface area contributed by atoms with Gasteiger partial charge < -0.3 is 10.6 Å². The van der Waals surface area contributed by atoms with E-state index in [4.69, 9.17) is 11.6 Å². The third-order valence-electron chi connectivity index (χ3n) is 6.51. The number of nitrogens with one attached hydrogen (secondary N) is 2. The topological polar surface area (TPSA) is 139 Å². The Morgan fingerprint density at radius 1 is 1.18 bits per heavy atom. The molecule has 1 aliphatic rings. The van der Waals surface area contributed by atoms with Gasteiger partial charge in [0.2, 0.25) is 0 Å². The number of nitriles is 3. The first-order valence-electron chi connectivity index (χ1n) is 12.9. The smallest absolute Gasteiger partial charge is 0.150 e. The highest BCUT2D eigenvalue weighted by molar-refractivity contribution is 6.35. The summed E-state index contributed by atoms with van der Waals surface area (Å²) in [6.07, 6.45) is 4.42. The monoisotopic (exact) mass is 536 g/mol. The number of anilines is 2. The normalized spacial score (nSPS) is 15.8. The molecular formula is C29H26ClN9. The van der Waals surface area contributed by atoms with Gasteiger partial charge in [-0.05, 0) is 48.1 Å². The van der Waals surface area contributed by atoms with Gasteiger partial charge in [0.25, 0.3) is 0 Å². The molecule has 2 N–H and O–H groups in total. The van der Waals surface area contributed by atoms with Gasteiger partial charge in [0.05, 0.1) is 53.1 Å². The van der Waals surface area contributed by atoms with Gasteiger partial charge in [-0.25, -0.2) is 4.68 Å². The molecule has 9 nitrogen and oxygen atoms in total. The minimum absolute atomic E-state index is 0.0573. The van der Waals surface area contributed by atoms with Gasteiger partial charge in [0.15, 0.2) is 5.54 Å². The number of aromatic nitrogens is 4. The van der Waals surface area contributed by atoms with E-state index in [2.05, 4.69) is 64.9 Å². The summed E-state index contributed by atoms with van der Waals surface area (Å²) in [5.41, 5.74) is 2.23. The molecule has 1 fully saturated rings. The maximum Gasteiger partial charge on any atom is 0.150 e. The van der Waals surface area contributed by atoms with E-state index in [0.717, 1.165) is 0 Å². The van der Waals surface area contributed by atoms with Crippen LogP contribution in [0.15, 0.2) is 48.8 Å². The Bertz CT molecular complexity index is 1750. The molecule has 4 aromatic rings. The van der Waals surface area contributed by atoms with Crippen LogP contribution in [0.1, 0.15) is 63.4 Å². The van der Waals surface area contributed by atoms with Crippen molar-refractivity contribution in [2.75, 3.05) is 17.2 Å². The summed E-state index contributed by atoms with van der Waals surface area (Å²) in [6, 6.07) is 15.1. The molecule has 1 aliphatic carbocycles. The Kier molecular flexibility index (Phi) is 6.27. The van der Waals surface area contributed by atoms with Crippen LogP contribution in [-0.4, -0.2) is 26.5 Å². The summed E-state index contributed by atoms with van der Waals surface area (Å²) >= 11 is 6.69. The Hall–Kier alpha value is -4.65. The van der Waals surface area contributed by atoms with Crippen molar-refractivity contribution in [3.8, 4) is 18.2 Å². The van der Waals surface area contributed by atoms with Crippen LogP contribution in [0.5, 0.6) is 0 Å². The van der Waals surface area contributed by atoms with Crippen molar-refractivity contribution in [2.24, 2.45) is 5.41 Å². The van der Waals surface area contributed by atoms with E-state index in [9.17, 15) is 17.2 Å². The van der Waals surface area contributed by atoms with E-state index in [1.54, 1.807) is 42.6 Å². The zero-order valence-corrected chi connectivity index (χ0v) is 22.5. The van der Waals surface area contributed by atoms with Crippen LogP contribution < -0.4 is 10.6 Å². The molecule has 0 spiro atoms. The third kappa shape index (κ3) is 5.21. The summed E-state index contributed by atoms with van der Waals surface area (Å²) in [5, 5.41) is 45.0. The van der Waals surface area contributed by atoms with Crippen molar-refractivity contribution in [3.63, 3.8) is 0 Å². The number of halogens is 1. The number of rotatable bonds is 7. The number of hydrogen-bond donors (Lipinski definition) is 2. The van der Waals surface area contributed by atoms with Crippen molar-refractivity contribution in [3.05, 3.63) is 76.2 Å². The van der Waals surface area contributed by atoms with Gasteiger partial charge in [0.1, 0.15) is 11.8 Å². The molecule has 0 amide bonds. The second-order valence-corrected chi connectivity index (χ2v) is 11.2. The molecular weight excluding hydrogens is 510 g/mol. The lowest BCUT2D eigenvalue weighted by Crippen LogP contribution is -2.20. The Morgan fingerprint density at radius 2 is 1.97 bits per heavy atom. The van der Waals surface area contributed by atoms with Gasteiger partial charge in [-0.2, -0.15) is 15.8 Å². The minimum atomic E-state index is -1.70. The molecule has 2 heterocycles. The quantitative estimate of drug-likeness (QED) is 0.298. The lowest BCUT2D eigenvalue weighted by Gasteiger charge is -2.22. The largest absolute Gasteiger partial charge is 0.383 e. The molecule has 2 aromatic heterocycles. The second kappa shape index (κ2) is 9.91. The third-order valence-corrected chi connectivity index (χ3v) is 6.80. The van der Waals surface area contributed by atoms with Crippen LogP contribution in [0.4, 0.5) is 11.4 Å². The van der Waals surface area contributed by atoms with E-state index in [1.165, 1.54) is 10.9 Å². The van der Waals surface area contributed by atoms with Gasteiger partial charge in [-0.15, -0.1) is 5.10 Å². The second-order valence-electron chi connectivity index (χ2n) is 10.8. The maximum atomic E-state index is 9.80. The molecule has 1 atom stereocenters. The van der Waals surface area contributed by atoms with Gasteiger partial charge in [0, 0.05) is 23.8 Å². The van der Waals surface area contributed by atoms with Crippen LogP contribution >= 0.6 is 11.6 Å². The first-order chi connectivity index (χ1) is 19.0. The Labute approximate surface area is 233 Å². The fourth-order valence-corrected chi connectivity index (χ4v) is 4.50. The number of fused-ring (bicyclic) bond motifs is 1. The molecule has 0 saturated heterocycles. The highest BCUT2D eigenvalue weighted by atomic mass is 35.5. The fraction of sp³-hybridized carbons (Fsp3) is 0.310. The average molecular weight is 537 g/mol. The summed E-state index contributed by atoms with van der Waals surface area (Å²) in [5.74, 6) is 0. The van der Waals surface area contributed by atoms with Crippen molar-refractivity contribution in [2.45, 2.75) is 45.2 Å². The SMILES string of the molecule is [2H]C(Nc1cc(Cl)c2ncc(C#N)c(NCC(C)(C)C)c2c1)(c1cccc(C#N)c1)c1cn(C2(C#N)CC2)nn1. The van der Waals surface area contributed by atoms with E-state index >= 15 is 0 Å². The van der Waals surface area contributed by atoms with Crippen LogP contribution in [0, 0.1) is 39.4 Å². The number of hydrogen-bond acceptors (Lipinski definition) is 8. The lowest BCUT2D eigenvalue weighted by molar-refractivity contribution is 0.443. The molecule has 0 bridgehead atoms. The Morgan fingerprint density at radius 3 is 2.64 bits per heavy atom. The van der Waals surface area contributed by atoms with E-state index < -0.39 is 11.6 Å². The van der Waals surface area contributed by atoms with Gasteiger partial charge in [-0.1, -0.05) is 49.7 Å². The Balaban J connectivity index is 1.65. The van der Waals surface area contributed by atoms with E-state index in [1.807, 2.05) is 0 Å². The summed E-state index contributed by atoms with van der Waals surface area (Å²) in [6.45, 7) is 6.86. The lowest BCUT2D eigenvalue weighted by atomic mass is 9.96. The number of benzene rings is 2. The van der Waals surface area contributed by atoms with Crippen LogP contribution in [0.3, 0.4) is 0 Å². The highest BCUT2D eigenvalue weighted by Crippen LogP contribution is 2.43. The highest BCUT2D eigenvalue weighted by Gasteiger charge is 2.46. The van der Waals surface area contributed by atoms with Gasteiger partial charge in [-0.3, -0.25) is 4.98 Å². The predicted molar refractivity (Wildman–Crippen MR) is 149 cm³/mol. The van der Waals surface area contributed by atoms with Crippen molar-refractivity contribution >= 4 is 33.9 Å². The standard InChI is InChI=1S/C29H26ClN9/c1-28(2,3)17-35-25-20(13-32)14-34-27-22(25)10-21(11-23(27)30)36-26(19-6-4-5-18(9-19)12-31)24-15-39(38-37-24)29(16-33)7-8-29/h4-6,9-11,14-15,26,36H,7-8,17H2,1-3H3,(H,34,35)/i26D. The molecule has 39 heavy (non-hydrogen) atoms. The predicted octanol–water partition coefficient (Wildman–Crippen LogP) is 5.90. The molecule has 1 saturated carbocycles. The molecule has 1 unspecified atom stereocenters. The fourth-order valence-electron chi connectivity index (χ4n) is 4.23. The first kappa shape index (κ1) is 24.7. The molecule has 0 aliphatic heterocycles. The molecule has 2 aromatic carbocycles. The van der Waals surface area contributed by atoms with Crippen LogP contribution in [0.2, 0.25) is 5.02 Å². The molecule has 5 rings (SSSR count). The summed E-state index contributed by atoms with van der Waals surface area (Å²) < 4.78 is 11.1. The molecule has 10 heteroatoms. The number of nitrogens with zero attached hydrogens (tertiary/aromatic N) is 7. The molecule has 0 radical (unpaired) electrons. The zero-order valence-electron chi connectivity index (χ0n) is 22.7. The van der Waals surface area contributed by atoms with E-state index in [-0.39, 0.29) is 11.1 Å². The van der Waals surface area contributed by atoms with Gasteiger partial charge >= 0.3 is 0 Å². The van der Waals surface area contributed by atoms with Crippen LogP contribution in [0.25, 0.3) is 10.9 Å². The van der Waals surface area contributed by atoms with E-state index in [0.29, 0.717) is 63.4 Å². The van der Waals surface area contributed by atoms with Crippen LogP contribution in [-0.2, 0) is 5.54 Å². The van der Waals surface area contributed by atoms with Crippen molar-refractivity contribution in [1.29, 1.82) is 15.8 Å². The number of pyridine rings is 1. The average Bonchev–Trinajstić information content (AvgIpc) is 3.57. The zero-order chi connectivity index (χ0) is 28.7. The summed E-state index contributed by atoms with van der Waals surface area (Å²) in [4.78, 5) is 4.42. The molecule has 194 valence electrons. The maximum absolute atomic E-state index is 9.80.